The molecule has 1 aromatic rings. The van der Waals surface area contributed by atoms with Crippen LogP contribution >= 0.6 is 0 Å². The Morgan fingerprint density at radius 3 is 3.19 bits per heavy atom. The van der Waals surface area contributed by atoms with E-state index in [0.29, 0.717) is 43.8 Å². The van der Waals surface area contributed by atoms with Crippen LogP contribution in [0.3, 0.4) is 0 Å². The molecule has 0 aliphatic carbocycles. The Morgan fingerprint density at radius 1 is 1.67 bits per heavy atom. The molecule has 2 heterocycles. The second kappa shape index (κ2) is 7.03. The summed E-state index contributed by atoms with van der Waals surface area (Å²) in [5.74, 6) is 1.75. The van der Waals surface area contributed by atoms with E-state index in [2.05, 4.69) is 21.9 Å². The van der Waals surface area contributed by atoms with Gasteiger partial charge >= 0.3 is 0 Å². The van der Waals surface area contributed by atoms with Gasteiger partial charge in [0.2, 0.25) is 11.8 Å². The highest BCUT2D eigenvalue weighted by Gasteiger charge is 2.22. The lowest BCUT2D eigenvalue weighted by molar-refractivity contribution is -0.132. The van der Waals surface area contributed by atoms with Crippen LogP contribution in [0.4, 0.5) is 5.82 Å². The van der Waals surface area contributed by atoms with Crippen molar-refractivity contribution in [2.75, 3.05) is 38.7 Å². The van der Waals surface area contributed by atoms with Gasteiger partial charge in [0.05, 0.1) is 19.8 Å². The fraction of sp³-hybridized carbons (Fsp3) is 0.500. The van der Waals surface area contributed by atoms with E-state index in [0.717, 1.165) is 0 Å². The van der Waals surface area contributed by atoms with Crippen LogP contribution in [-0.4, -0.2) is 60.2 Å². The molecule has 0 saturated carbocycles. The summed E-state index contributed by atoms with van der Waals surface area (Å²) in [6.07, 6.45) is 1.25. The fourth-order valence-corrected chi connectivity index (χ4v) is 2.13. The third kappa shape index (κ3) is 4.16. The van der Waals surface area contributed by atoms with Crippen LogP contribution in [0.15, 0.2) is 18.7 Å². The van der Waals surface area contributed by atoms with Crippen LogP contribution in [-0.2, 0) is 9.53 Å². The van der Waals surface area contributed by atoms with Crippen molar-refractivity contribution in [3.05, 3.63) is 24.5 Å². The first-order chi connectivity index (χ1) is 10.1. The molecule has 21 heavy (non-hydrogen) atoms. The zero-order valence-corrected chi connectivity index (χ0v) is 12.3. The third-order valence-electron chi connectivity index (χ3n) is 3.16. The highest BCUT2D eigenvalue weighted by atomic mass is 16.5. The molecule has 1 saturated heterocycles. The molecule has 1 aromatic heterocycles. The molecule has 1 aliphatic heterocycles. The molecule has 1 amide bonds. The van der Waals surface area contributed by atoms with Crippen LogP contribution in [0.25, 0.3) is 0 Å². The van der Waals surface area contributed by atoms with Crippen LogP contribution in [0, 0.1) is 6.92 Å². The lowest BCUT2D eigenvalue weighted by Crippen LogP contribution is -2.47. The number of rotatable bonds is 5. The van der Waals surface area contributed by atoms with E-state index in [1.165, 1.54) is 6.08 Å². The Labute approximate surface area is 124 Å². The molecule has 1 aliphatic rings. The Bertz CT molecular complexity index is 521. The average molecular weight is 292 g/mol. The predicted octanol–water partition coefficient (Wildman–Crippen LogP) is 0.619. The minimum absolute atomic E-state index is 0.0668. The topological polar surface area (TPSA) is 76.6 Å². The normalized spacial score (nSPS) is 18.2. The zero-order valence-electron chi connectivity index (χ0n) is 12.3. The first-order valence-electron chi connectivity index (χ1n) is 6.79. The summed E-state index contributed by atoms with van der Waals surface area (Å²) in [7, 11) is 1.56. The monoisotopic (exact) mass is 292 g/mol. The molecule has 2 rings (SSSR count). The van der Waals surface area contributed by atoms with Crippen molar-refractivity contribution in [3.63, 3.8) is 0 Å². The van der Waals surface area contributed by atoms with E-state index in [4.69, 9.17) is 9.47 Å². The van der Waals surface area contributed by atoms with Crippen LogP contribution < -0.4 is 10.1 Å². The molecule has 1 N–H and O–H groups in total. The summed E-state index contributed by atoms with van der Waals surface area (Å²) in [6, 6.07) is 1.72. The maximum Gasteiger partial charge on any atom is 0.246 e. The standard InChI is InChI=1S/C14H20N4O3/c1-4-14(19)18-5-6-21-11(9-18)8-15-12-7-13(20-3)17-10(2)16-12/h4,7,11H,1,5-6,8-9H2,2-3H3,(H,15,16,17). The second-order valence-corrected chi connectivity index (χ2v) is 4.70. The van der Waals surface area contributed by atoms with Crippen molar-refractivity contribution in [1.29, 1.82) is 0 Å². The van der Waals surface area contributed by atoms with Gasteiger partial charge in [0.15, 0.2) is 0 Å². The van der Waals surface area contributed by atoms with Gasteiger partial charge in [-0.2, -0.15) is 4.98 Å². The van der Waals surface area contributed by atoms with Crippen LogP contribution in [0.1, 0.15) is 5.82 Å². The van der Waals surface area contributed by atoms with Crippen LogP contribution in [0.5, 0.6) is 5.88 Å². The minimum Gasteiger partial charge on any atom is -0.481 e. The number of anilines is 1. The lowest BCUT2D eigenvalue weighted by Gasteiger charge is -2.32. The summed E-state index contributed by atoms with van der Waals surface area (Å²) in [5.41, 5.74) is 0. The van der Waals surface area contributed by atoms with Crippen molar-refractivity contribution >= 4 is 11.7 Å². The van der Waals surface area contributed by atoms with Crippen molar-refractivity contribution in [1.82, 2.24) is 14.9 Å². The van der Waals surface area contributed by atoms with Gasteiger partial charge in [-0.05, 0) is 13.0 Å². The summed E-state index contributed by atoms with van der Waals surface area (Å²) in [5, 5.41) is 3.19. The number of aryl methyl sites for hydroxylation is 1. The number of hydrogen-bond acceptors (Lipinski definition) is 6. The average Bonchev–Trinajstić information content (AvgIpc) is 2.51. The molecular formula is C14H20N4O3. The number of carbonyl (C=O) groups is 1. The Morgan fingerprint density at radius 2 is 2.48 bits per heavy atom. The second-order valence-electron chi connectivity index (χ2n) is 4.70. The summed E-state index contributed by atoms with van der Waals surface area (Å²) in [6.45, 7) is 7.53. The molecule has 0 bridgehead atoms. The van der Waals surface area contributed by atoms with E-state index < -0.39 is 0 Å². The van der Waals surface area contributed by atoms with Gasteiger partial charge in [0.25, 0.3) is 0 Å². The quantitative estimate of drug-likeness (QED) is 0.802. The van der Waals surface area contributed by atoms with Gasteiger partial charge in [-0.25, -0.2) is 4.98 Å². The molecule has 0 radical (unpaired) electrons. The predicted molar refractivity (Wildman–Crippen MR) is 78.3 cm³/mol. The number of aromatic nitrogens is 2. The van der Waals surface area contributed by atoms with Gasteiger partial charge in [0, 0.05) is 25.7 Å². The number of ether oxygens (including phenoxy) is 2. The molecule has 7 heteroatoms. The number of hydrogen-bond donors (Lipinski definition) is 1. The first-order valence-corrected chi connectivity index (χ1v) is 6.79. The molecular weight excluding hydrogens is 272 g/mol. The smallest absolute Gasteiger partial charge is 0.246 e. The minimum atomic E-state index is -0.0797. The highest BCUT2D eigenvalue weighted by molar-refractivity contribution is 5.87. The van der Waals surface area contributed by atoms with E-state index >= 15 is 0 Å². The number of carbonyl (C=O) groups excluding carboxylic acids is 1. The number of morpholine rings is 1. The van der Waals surface area contributed by atoms with Gasteiger partial charge in [-0.15, -0.1) is 0 Å². The molecule has 114 valence electrons. The molecule has 1 unspecified atom stereocenters. The van der Waals surface area contributed by atoms with E-state index in [-0.39, 0.29) is 12.0 Å². The number of nitrogens with one attached hydrogen (secondary N) is 1. The van der Waals surface area contributed by atoms with Gasteiger partial charge in [0.1, 0.15) is 11.6 Å². The van der Waals surface area contributed by atoms with E-state index in [9.17, 15) is 4.79 Å². The van der Waals surface area contributed by atoms with E-state index in [1.807, 2.05) is 0 Å². The maximum absolute atomic E-state index is 11.6. The Kier molecular flexibility index (Phi) is 5.10. The van der Waals surface area contributed by atoms with Gasteiger partial charge in [-0.1, -0.05) is 6.58 Å². The Balaban J connectivity index is 1.92. The number of methoxy groups -OCH3 is 1. The molecule has 0 aromatic carbocycles. The summed E-state index contributed by atoms with van der Waals surface area (Å²) < 4.78 is 10.8. The largest absolute Gasteiger partial charge is 0.481 e. The summed E-state index contributed by atoms with van der Waals surface area (Å²) in [4.78, 5) is 21.7. The van der Waals surface area contributed by atoms with E-state index in [1.54, 1.807) is 25.0 Å². The SMILES string of the molecule is C=CC(=O)N1CCOC(CNc2cc(OC)nc(C)n2)C1. The lowest BCUT2D eigenvalue weighted by atomic mass is 10.2. The highest BCUT2D eigenvalue weighted by Crippen LogP contribution is 2.13. The summed E-state index contributed by atoms with van der Waals surface area (Å²) >= 11 is 0. The maximum atomic E-state index is 11.6. The first kappa shape index (κ1) is 15.2. The Hall–Kier alpha value is -2.15. The number of nitrogens with zero attached hydrogens (tertiary/aromatic N) is 3. The molecule has 7 nitrogen and oxygen atoms in total. The van der Waals surface area contributed by atoms with Crippen molar-refractivity contribution < 1.29 is 14.3 Å². The fourth-order valence-electron chi connectivity index (χ4n) is 2.13. The van der Waals surface area contributed by atoms with Crippen molar-refractivity contribution in [2.45, 2.75) is 13.0 Å². The molecule has 1 atom stereocenters. The van der Waals surface area contributed by atoms with Crippen molar-refractivity contribution in [2.24, 2.45) is 0 Å². The third-order valence-corrected chi connectivity index (χ3v) is 3.16. The van der Waals surface area contributed by atoms with Gasteiger partial charge in [-0.3, -0.25) is 4.79 Å². The van der Waals surface area contributed by atoms with Crippen molar-refractivity contribution in [3.8, 4) is 5.88 Å². The number of amides is 1. The van der Waals surface area contributed by atoms with Crippen LogP contribution in [0.2, 0.25) is 0 Å². The molecule has 0 spiro atoms. The van der Waals surface area contributed by atoms with Gasteiger partial charge < -0.3 is 19.7 Å². The zero-order chi connectivity index (χ0) is 15.2. The molecule has 1 fully saturated rings.